The minimum Gasteiger partial charge on any atom is -0.326 e. The normalized spacial score (nSPS) is 13.3. The van der Waals surface area contributed by atoms with Crippen LogP contribution in [0.15, 0.2) is 29.1 Å². The molecule has 1 amide bonds. The van der Waals surface area contributed by atoms with E-state index >= 15 is 0 Å². The molecule has 0 radical (unpaired) electrons. The van der Waals surface area contributed by atoms with E-state index in [0.29, 0.717) is 25.1 Å². The number of aromatic amines is 1. The fraction of sp³-hybridized carbons (Fsp3) is 0.421. The lowest BCUT2D eigenvalue weighted by molar-refractivity contribution is -0.116. The minimum absolute atomic E-state index is 0.0302. The van der Waals surface area contributed by atoms with Crippen LogP contribution in [0.4, 0.5) is 5.69 Å². The SMILES string of the molecule is O=C(CCCCl)Nc1cccc(Cc2n[nH]c(=O)c3c2CCCC3)c1. The molecule has 6 heteroatoms. The van der Waals surface area contributed by atoms with Crippen molar-refractivity contribution in [3.63, 3.8) is 0 Å². The van der Waals surface area contributed by atoms with Gasteiger partial charge in [0.1, 0.15) is 0 Å². The minimum atomic E-state index is -0.0567. The first-order chi connectivity index (χ1) is 12.2. The van der Waals surface area contributed by atoms with Crippen LogP contribution in [0.2, 0.25) is 0 Å². The maximum atomic E-state index is 12.0. The number of nitrogens with one attached hydrogen (secondary N) is 2. The van der Waals surface area contributed by atoms with Gasteiger partial charge in [0.15, 0.2) is 0 Å². The van der Waals surface area contributed by atoms with Crippen molar-refractivity contribution >= 4 is 23.2 Å². The van der Waals surface area contributed by atoms with Gasteiger partial charge in [-0.05, 0) is 55.4 Å². The van der Waals surface area contributed by atoms with Crippen LogP contribution in [-0.2, 0) is 24.1 Å². The molecule has 132 valence electrons. The number of benzene rings is 1. The van der Waals surface area contributed by atoms with E-state index in [1.165, 1.54) is 0 Å². The molecule has 1 heterocycles. The lowest BCUT2D eigenvalue weighted by Gasteiger charge is -2.17. The fourth-order valence-electron chi connectivity index (χ4n) is 3.28. The van der Waals surface area contributed by atoms with Crippen LogP contribution in [0.3, 0.4) is 0 Å². The first-order valence-corrected chi connectivity index (χ1v) is 9.25. The number of amides is 1. The number of fused-ring (bicyclic) bond motifs is 1. The van der Waals surface area contributed by atoms with E-state index < -0.39 is 0 Å². The van der Waals surface area contributed by atoms with Crippen LogP contribution in [-0.4, -0.2) is 22.0 Å². The van der Waals surface area contributed by atoms with E-state index in [2.05, 4.69) is 15.5 Å². The zero-order valence-corrected chi connectivity index (χ0v) is 14.9. The topological polar surface area (TPSA) is 74.8 Å². The number of hydrogen-bond acceptors (Lipinski definition) is 3. The quantitative estimate of drug-likeness (QED) is 0.778. The highest BCUT2D eigenvalue weighted by atomic mass is 35.5. The summed E-state index contributed by atoms with van der Waals surface area (Å²) in [6.45, 7) is 0. The summed E-state index contributed by atoms with van der Waals surface area (Å²) in [6.07, 6.45) is 5.63. The van der Waals surface area contributed by atoms with Crippen LogP contribution in [0, 0.1) is 0 Å². The highest BCUT2D eigenvalue weighted by molar-refractivity contribution is 6.18. The van der Waals surface area contributed by atoms with Gasteiger partial charge >= 0.3 is 0 Å². The number of aromatic nitrogens is 2. The van der Waals surface area contributed by atoms with E-state index in [9.17, 15) is 9.59 Å². The molecule has 1 aliphatic rings. The van der Waals surface area contributed by atoms with Crippen molar-refractivity contribution in [3.05, 3.63) is 57.0 Å². The summed E-state index contributed by atoms with van der Waals surface area (Å²) >= 11 is 5.62. The third-order valence-corrected chi connectivity index (χ3v) is 4.77. The van der Waals surface area contributed by atoms with Crippen LogP contribution < -0.4 is 10.9 Å². The summed E-state index contributed by atoms with van der Waals surface area (Å²) in [5, 5.41) is 9.81. The second kappa shape index (κ2) is 8.30. The van der Waals surface area contributed by atoms with Gasteiger partial charge < -0.3 is 5.32 Å². The molecule has 0 unspecified atom stereocenters. The second-order valence-electron chi connectivity index (χ2n) is 6.38. The van der Waals surface area contributed by atoms with Crippen molar-refractivity contribution < 1.29 is 4.79 Å². The van der Waals surface area contributed by atoms with Gasteiger partial charge in [0.25, 0.3) is 5.56 Å². The summed E-state index contributed by atoms with van der Waals surface area (Å²) in [6, 6.07) is 7.76. The molecule has 5 nitrogen and oxygen atoms in total. The Bertz CT molecular complexity index is 817. The number of carbonyl (C=O) groups is 1. The lowest BCUT2D eigenvalue weighted by Crippen LogP contribution is -2.23. The molecule has 0 saturated carbocycles. The van der Waals surface area contributed by atoms with Gasteiger partial charge in [-0.3, -0.25) is 9.59 Å². The Morgan fingerprint density at radius 1 is 1.24 bits per heavy atom. The number of rotatable bonds is 6. The molecule has 2 aromatic rings. The Labute approximate surface area is 151 Å². The number of halogens is 1. The number of alkyl halides is 1. The highest BCUT2D eigenvalue weighted by Crippen LogP contribution is 2.22. The molecule has 3 rings (SSSR count). The van der Waals surface area contributed by atoms with Gasteiger partial charge in [-0.2, -0.15) is 5.10 Å². The largest absolute Gasteiger partial charge is 0.326 e. The van der Waals surface area contributed by atoms with Crippen molar-refractivity contribution in [3.8, 4) is 0 Å². The number of nitrogens with zero attached hydrogens (tertiary/aromatic N) is 1. The van der Waals surface area contributed by atoms with Crippen LogP contribution in [0.1, 0.15) is 48.1 Å². The second-order valence-corrected chi connectivity index (χ2v) is 6.76. The van der Waals surface area contributed by atoms with E-state index in [0.717, 1.165) is 53.8 Å². The van der Waals surface area contributed by atoms with Gasteiger partial charge in [-0.15, -0.1) is 11.6 Å². The van der Waals surface area contributed by atoms with E-state index in [1.54, 1.807) is 0 Å². The van der Waals surface area contributed by atoms with Crippen molar-refractivity contribution in [1.82, 2.24) is 10.2 Å². The molecule has 0 spiro atoms. The molecule has 25 heavy (non-hydrogen) atoms. The smallest absolute Gasteiger partial charge is 0.267 e. The Balaban J connectivity index is 1.77. The average Bonchev–Trinajstić information content (AvgIpc) is 2.63. The Hall–Kier alpha value is -2.14. The van der Waals surface area contributed by atoms with Crippen molar-refractivity contribution in [2.75, 3.05) is 11.2 Å². The summed E-state index contributed by atoms with van der Waals surface area (Å²) in [5.41, 5.74) is 4.70. The van der Waals surface area contributed by atoms with Crippen LogP contribution in [0.25, 0.3) is 0 Å². The molecule has 0 aliphatic heterocycles. The monoisotopic (exact) mass is 359 g/mol. The third-order valence-electron chi connectivity index (χ3n) is 4.50. The molecular weight excluding hydrogens is 338 g/mol. The fourth-order valence-corrected chi connectivity index (χ4v) is 3.41. The number of hydrogen-bond donors (Lipinski definition) is 2. The summed E-state index contributed by atoms with van der Waals surface area (Å²) in [7, 11) is 0. The molecule has 1 aromatic heterocycles. The standard InChI is InChI=1S/C19H22ClN3O2/c20-10-4-9-18(24)21-14-6-3-5-13(11-14)12-17-15-7-1-2-8-16(15)19(25)23-22-17/h3,5-6,11H,1-2,4,7-10,12H2,(H,21,24)(H,23,25). The molecule has 0 atom stereocenters. The summed E-state index contributed by atoms with van der Waals surface area (Å²) in [4.78, 5) is 23.8. The van der Waals surface area contributed by atoms with Crippen molar-refractivity contribution in [1.29, 1.82) is 0 Å². The molecule has 1 aliphatic carbocycles. The van der Waals surface area contributed by atoms with Gasteiger partial charge in [0, 0.05) is 30.0 Å². The number of anilines is 1. The summed E-state index contributed by atoms with van der Waals surface area (Å²) in [5.74, 6) is 0.452. The van der Waals surface area contributed by atoms with E-state index in [1.807, 2.05) is 24.3 Å². The van der Waals surface area contributed by atoms with Gasteiger partial charge in [0.2, 0.25) is 5.91 Å². The van der Waals surface area contributed by atoms with Gasteiger partial charge in [-0.1, -0.05) is 12.1 Å². The molecular formula is C19H22ClN3O2. The van der Waals surface area contributed by atoms with Crippen molar-refractivity contribution in [2.24, 2.45) is 0 Å². The van der Waals surface area contributed by atoms with E-state index in [4.69, 9.17) is 11.6 Å². The van der Waals surface area contributed by atoms with Crippen molar-refractivity contribution in [2.45, 2.75) is 44.9 Å². The predicted octanol–water partition coefficient (Wildman–Crippen LogP) is 3.20. The molecule has 1 aromatic carbocycles. The summed E-state index contributed by atoms with van der Waals surface area (Å²) < 4.78 is 0. The van der Waals surface area contributed by atoms with Crippen LogP contribution >= 0.6 is 11.6 Å². The Kier molecular flexibility index (Phi) is 5.87. The molecule has 0 bridgehead atoms. The van der Waals surface area contributed by atoms with Gasteiger partial charge in [0.05, 0.1) is 5.69 Å². The maximum Gasteiger partial charge on any atom is 0.267 e. The number of carbonyl (C=O) groups excluding carboxylic acids is 1. The lowest BCUT2D eigenvalue weighted by atomic mass is 9.90. The van der Waals surface area contributed by atoms with Crippen LogP contribution in [0.5, 0.6) is 0 Å². The number of H-pyrrole nitrogens is 1. The first-order valence-electron chi connectivity index (χ1n) is 8.71. The zero-order valence-electron chi connectivity index (χ0n) is 14.1. The zero-order chi connectivity index (χ0) is 17.6. The Morgan fingerprint density at radius 2 is 2.04 bits per heavy atom. The molecule has 2 N–H and O–H groups in total. The highest BCUT2D eigenvalue weighted by Gasteiger charge is 2.18. The average molecular weight is 360 g/mol. The van der Waals surface area contributed by atoms with E-state index in [-0.39, 0.29) is 11.5 Å². The molecule has 0 saturated heterocycles. The van der Waals surface area contributed by atoms with Gasteiger partial charge in [-0.25, -0.2) is 5.10 Å². The maximum absolute atomic E-state index is 12.0. The third kappa shape index (κ3) is 4.48. The first kappa shape index (κ1) is 17.7. The predicted molar refractivity (Wildman–Crippen MR) is 99.3 cm³/mol. The Morgan fingerprint density at radius 3 is 2.84 bits per heavy atom. The molecule has 0 fully saturated rings.